The lowest BCUT2D eigenvalue weighted by atomic mass is 10.0. The summed E-state index contributed by atoms with van der Waals surface area (Å²) in [5.74, 6) is 2.31. The topological polar surface area (TPSA) is 80.0 Å². The molecule has 0 aliphatic carbocycles. The minimum absolute atomic E-state index is 0.295. The number of anilines is 3. The molecule has 1 atom stereocenters. The van der Waals surface area contributed by atoms with Gasteiger partial charge in [0.05, 0.1) is 0 Å². The largest absolute Gasteiger partial charge is 0.368 e. The Kier molecular flexibility index (Phi) is 5.59. The molecule has 3 N–H and O–H groups in total. The number of hydrogen-bond acceptors (Lipinski definition) is 6. The molecule has 2 heterocycles. The molecule has 1 fully saturated rings. The summed E-state index contributed by atoms with van der Waals surface area (Å²) in [6.07, 6.45) is 5.96. The Balaban J connectivity index is 2.00. The van der Waals surface area contributed by atoms with Crippen molar-refractivity contribution in [3.8, 4) is 0 Å². The second-order valence-electron chi connectivity index (χ2n) is 6.38. The van der Waals surface area contributed by atoms with Crippen LogP contribution in [-0.4, -0.2) is 34.1 Å². The molecule has 0 radical (unpaired) electrons. The van der Waals surface area contributed by atoms with Gasteiger partial charge in [0.1, 0.15) is 0 Å². The lowest BCUT2D eigenvalue weighted by Crippen LogP contribution is -2.31. The predicted octanol–water partition coefficient (Wildman–Crippen LogP) is 2.68. The van der Waals surface area contributed by atoms with Crippen molar-refractivity contribution < 1.29 is 0 Å². The molecule has 1 unspecified atom stereocenters. The summed E-state index contributed by atoms with van der Waals surface area (Å²) < 4.78 is 0. The van der Waals surface area contributed by atoms with Crippen molar-refractivity contribution in [2.45, 2.75) is 58.9 Å². The number of nitrogens with two attached hydrogens (primary N) is 1. The van der Waals surface area contributed by atoms with Gasteiger partial charge in [0, 0.05) is 19.1 Å². The highest BCUT2D eigenvalue weighted by molar-refractivity contribution is 5.42. The zero-order valence-electron chi connectivity index (χ0n) is 13.5. The fourth-order valence-electron chi connectivity index (χ4n) is 2.56. The van der Waals surface area contributed by atoms with Gasteiger partial charge in [-0.15, -0.1) is 0 Å². The zero-order chi connectivity index (χ0) is 15.2. The van der Waals surface area contributed by atoms with E-state index in [1.165, 1.54) is 25.7 Å². The summed E-state index contributed by atoms with van der Waals surface area (Å²) in [5, 5.41) is 3.35. The summed E-state index contributed by atoms with van der Waals surface area (Å²) in [6, 6.07) is 0.336. The quantitative estimate of drug-likeness (QED) is 0.839. The van der Waals surface area contributed by atoms with Crippen LogP contribution in [0.4, 0.5) is 17.8 Å². The van der Waals surface area contributed by atoms with Crippen molar-refractivity contribution in [2.24, 2.45) is 5.92 Å². The molecule has 1 aliphatic rings. The van der Waals surface area contributed by atoms with E-state index in [4.69, 9.17) is 5.73 Å². The van der Waals surface area contributed by atoms with Gasteiger partial charge in [0.25, 0.3) is 0 Å². The van der Waals surface area contributed by atoms with E-state index < -0.39 is 0 Å². The molecule has 0 aromatic carbocycles. The van der Waals surface area contributed by atoms with E-state index in [2.05, 4.69) is 45.9 Å². The summed E-state index contributed by atoms with van der Waals surface area (Å²) in [5.41, 5.74) is 5.84. The van der Waals surface area contributed by atoms with Gasteiger partial charge >= 0.3 is 0 Å². The molecule has 0 amide bonds. The maximum Gasteiger partial charge on any atom is 0.231 e. The van der Waals surface area contributed by atoms with Crippen molar-refractivity contribution >= 4 is 17.8 Å². The van der Waals surface area contributed by atoms with E-state index in [9.17, 15) is 0 Å². The molecule has 1 aromatic heterocycles. The van der Waals surface area contributed by atoms with Crippen molar-refractivity contribution in [2.75, 3.05) is 29.0 Å². The molecule has 6 nitrogen and oxygen atoms in total. The SMILES string of the molecule is CC(C)CCC(C)Nc1nc(N)nc(N2CCCCC2)n1. The first-order valence-electron chi connectivity index (χ1n) is 8.07. The third kappa shape index (κ3) is 5.02. The maximum absolute atomic E-state index is 5.84. The first kappa shape index (κ1) is 15.8. The Morgan fingerprint density at radius 1 is 1.05 bits per heavy atom. The van der Waals surface area contributed by atoms with E-state index in [1.807, 2.05) is 0 Å². The number of piperidine rings is 1. The summed E-state index contributed by atoms with van der Waals surface area (Å²) in [7, 11) is 0. The molecule has 1 aromatic rings. The Labute approximate surface area is 127 Å². The minimum Gasteiger partial charge on any atom is -0.368 e. The van der Waals surface area contributed by atoms with Crippen LogP contribution >= 0.6 is 0 Å². The smallest absolute Gasteiger partial charge is 0.231 e. The number of rotatable bonds is 6. The van der Waals surface area contributed by atoms with E-state index >= 15 is 0 Å². The van der Waals surface area contributed by atoms with Crippen LogP contribution in [0, 0.1) is 5.92 Å². The number of nitrogens with one attached hydrogen (secondary N) is 1. The fourth-order valence-corrected chi connectivity index (χ4v) is 2.56. The Morgan fingerprint density at radius 3 is 2.43 bits per heavy atom. The van der Waals surface area contributed by atoms with Crippen LogP contribution in [0.15, 0.2) is 0 Å². The minimum atomic E-state index is 0.295. The van der Waals surface area contributed by atoms with Gasteiger partial charge in [-0.3, -0.25) is 0 Å². The van der Waals surface area contributed by atoms with Crippen LogP contribution in [0.2, 0.25) is 0 Å². The van der Waals surface area contributed by atoms with Crippen LogP contribution < -0.4 is 16.0 Å². The van der Waals surface area contributed by atoms with Crippen LogP contribution in [0.25, 0.3) is 0 Å². The van der Waals surface area contributed by atoms with Gasteiger partial charge in [-0.05, 0) is 44.9 Å². The standard InChI is InChI=1S/C15H28N6/c1-11(2)7-8-12(3)17-14-18-13(16)19-15(20-14)21-9-5-4-6-10-21/h11-12H,4-10H2,1-3H3,(H3,16,17,18,19,20). The number of nitrogens with zero attached hydrogens (tertiary/aromatic N) is 4. The highest BCUT2D eigenvalue weighted by Crippen LogP contribution is 2.18. The molecule has 118 valence electrons. The normalized spacial score (nSPS) is 17.0. The Bertz CT molecular complexity index is 442. The molecule has 1 aliphatic heterocycles. The average Bonchev–Trinajstić information content (AvgIpc) is 2.45. The van der Waals surface area contributed by atoms with Crippen molar-refractivity contribution in [1.82, 2.24) is 15.0 Å². The van der Waals surface area contributed by atoms with E-state index in [0.717, 1.165) is 19.5 Å². The van der Waals surface area contributed by atoms with Gasteiger partial charge in [-0.1, -0.05) is 13.8 Å². The predicted molar refractivity (Wildman–Crippen MR) is 87.5 cm³/mol. The van der Waals surface area contributed by atoms with Crippen molar-refractivity contribution in [3.63, 3.8) is 0 Å². The van der Waals surface area contributed by atoms with Gasteiger partial charge in [-0.2, -0.15) is 15.0 Å². The van der Waals surface area contributed by atoms with Crippen molar-refractivity contribution in [3.05, 3.63) is 0 Å². The van der Waals surface area contributed by atoms with Crippen molar-refractivity contribution in [1.29, 1.82) is 0 Å². The van der Waals surface area contributed by atoms with E-state index in [1.54, 1.807) is 0 Å². The first-order chi connectivity index (χ1) is 10.0. The van der Waals surface area contributed by atoms with Gasteiger partial charge in [0.15, 0.2) is 0 Å². The molecule has 0 saturated carbocycles. The summed E-state index contributed by atoms with van der Waals surface area (Å²) >= 11 is 0. The Hall–Kier alpha value is -1.59. The number of hydrogen-bond donors (Lipinski definition) is 2. The maximum atomic E-state index is 5.84. The lowest BCUT2D eigenvalue weighted by molar-refractivity contribution is 0.526. The molecule has 6 heteroatoms. The molecule has 1 saturated heterocycles. The van der Waals surface area contributed by atoms with Crippen LogP contribution in [-0.2, 0) is 0 Å². The third-order valence-electron chi connectivity index (χ3n) is 3.83. The number of aromatic nitrogens is 3. The zero-order valence-corrected chi connectivity index (χ0v) is 13.5. The van der Waals surface area contributed by atoms with Crippen LogP contribution in [0.3, 0.4) is 0 Å². The molecule has 21 heavy (non-hydrogen) atoms. The number of nitrogen functional groups attached to an aromatic ring is 1. The molecule has 0 spiro atoms. The molecular weight excluding hydrogens is 264 g/mol. The van der Waals surface area contributed by atoms with Crippen LogP contribution in [0.1, 0.15) is 52.9 Å². The second kappa shape index (κ2) is 7.43. The highest BCUT2D eigenvalue weighted by Gasteiger charge is 2.16. The molecule has 2 rings (SSSR count). The molecule has 0 bridgehead atoms. The molecular formula is C15H28N6. The van der Waals surface area contributed by atoms with Gasteiger partial charge in [0.2, 0.25) is 17.8 Å². The Morgan fingerprint density at radius 2 is 1.76 bits per heavy atom. The van der Waals surface area contributed by atoms with E-state index in [-0.39, 0.29) is 0 Å². The summed E-state index contributed by atoms with van der Waals surface area (Å²) in [4.78, 5) is 15.2. The third-order valence-corrected chi connectivity index (χ3v) is 3.83. The monoisotopic (exact) mass is 292 g/mol. The van der Waals surface area contributed by atoms with Gasteiger partial charge < -0.3 is 16.0 Å². The second-order valence-corrected chi connectivity index (χ2v) is 6.38. The van der Waals surface area contributed by atoms with E-state index in [0.29, 0.717) is 29.8 Å². The fraction of sp³-hybridized carbons (Fsp3) is 0.800. The summed E-state index contributed by atoms with van der Waals surface area (Å²) in [6.45, 7) is 8.64. The first-order valence-corrected chi connectivity index (χ1v) is 8.07. The average molecular weight is 292 g/mol. The van der Waals surface area contributed by atoms with Gasteiger partial charge in [-0.25, -0.2) is 0 Å². The van der Waals surface area contributed by atoms with Crippen LogP contribution in [0.5, 0.6) is 0 Å². The lowest BCUT2D eigenvalue weighted by Gasteiger charge is -2.27. The highest BCUT2D eigenvalue weighted by atomic mass is 15.3.